The first kappa shape index (κ1) is 14.3. The molecular weight excluding hydrogens is 278 g/mol. The van der Waals surface area contributed by atoms with Crippen molar-refractivity contribution in [3.63, 3.8) is 0 Å². The summed E-state index contributed by atoms with van der Waals surface area (Å²) in [6.45, 7) is 2.96. The number of fused-ring (bicyclic) bond motifs is 1. The maximum absolute atomic E-state index is 5.90. The second-order valence-electron chi connectivity index (χ2n) is 5.21. The molecule has 1 heterocycles. The smallest absolute Gasteiger partial charge is 0.193 e. The maximum Gasteiger partial charge on any atom is 0.193 e. The molecule has 3 rings (SSSR count). The molecule has 0 spiro atoms. The summed E-state index contributed by atoms with van der Waals surface area (Å²) in [5, 5.41) is 3.06. The van der Waals surface area contributed by atoms with Gasteiger partial charge in [-0.25, -0.2) is 4.99 Å². The number of para-hydroxylation sites is 2. The van der Waals surface area contributed by atoms with Crippen LogP contribution in [-0.2, 0) is 0 Å². The molecule has 1 aliphatic rings. The average molecular weight is 297 g/mol. The Kier molecular flexibility index (Phi) is 4.14. The summed E-state index contributed by atoms with van der Waals surface area (Å²) in [6, 6.07) is 15.6. The lowest BCUT2D eigenvalue weighted by Gasteiger charge is -2.25. The van der Waals surface area contributed by atoms with Crippen molar-refractivity contribution >= 4 is 11.6 Å². The molecule has 1 unspecified atom stereocenters. The van der Waals surface area contributed by atoms with E-state index in [4.69, 9.17) is 15.2 Å². The highest BCUT2D eigenvalue weighted by Crippen LogP contribution is 2.30. The van der Waals surface area contributed by atoms with Gasteiger partial charge in [-0.1, -0.05) is 29.8 Å². The molecule has 0 radical (unpaired) electrons. The van der Waals surface area contributed by atoms with Crippen LogP contribution >= 0.6 is 0 Å². The molecule has 0 saturated carbocycles. The van der Waals surface area contributed by atoms with Gasteiger partial charge in [0.15, 0.2) is 23.6 Å². The Hall–Kier alpha value is -2.69. The topological polar surface area (TPSA) is 68.9 Å². The minimum absolute atomic E-state index is 0.131. The number of hydrogen-bond donors (Lipinski definition) is 2. The van der Waals surface area contributed by atoms with E-state index >= 15 is 0 Å². The van der Waals surface area contributed by atoms with Gasteiger partial charge in [-0.3, -0.25) is 0 Å². The molecule has 114 valence electrons. The lowest BCUT2D eigenvalue weighted by molar-refractivity contribution is 0.0972. The SMILES string of the molecule is Cc1ccc(NC(N)=NCC2COc3ccccc3O2)cc1. The van der Waals surface area contributed by atoms with E-state index in [1.807, 2.05) is 55.5 Å². The van der Waals surface area contributed by atoms with Crippen LogP contribution in [0.5, 0.6) is 11.5 Å². The number of nitrogens with two attached hydrogens (primary N) is 1. The monoisotopic (exact) mass is 297 g/mol. The first-order valence-corrected chi connectivity index (χ1v) is 7.23. The van der Waals surface area contributed by atoms with Crippen molar-refractivity contribution in [3.8, 4) is 11.5 Å². The molecule has 1 atom stereocenters. The summed E-state index contributed by atoms with van der Waals surface area (Å²) in [5.74, 6) is 1.89. The van der Waals surface area contributed by atoms with Crippen LogP contribution < -0.4 is 20.5 Å². The Labute approximate surface area is 129 Å². The van der Waals surface area contributed by atoms with Crippen molar-refractivity contribution in [2.75, 3.05) is 18.5 Å². The first-order valence-electron chi connectivity index (χ1n) is 7.23. The number of aryl methyl sites for hydroxylation is 1. The van der Waals surface area contributed by atoms with Crippen molar-refractivity contribution in [2.24, 2.45) is 10.7 Å². The Bertz CT molecular complexity index is 668. The lowest BCUT2D eigenvalue weighted by atomic mass is 10.2. The summed E-state index contributed by atoms with van der Waals surface area (Å²) in [6.07, 6.45) is -0.131. The van der Waals surface area contributed by atoms with E-state index in [1.54, 1.807) is 0 Å². The fourth-order valence-electron chi connectivity index (χ4n) is 2.18. The van der Waals surface area contributed by atoms with Crippen molar-refractivity contribution in [2.45, 2.75) is 13.0 Å². The first-order chi connectivity index (χ1) is 10.7. The van der Waals surface area contributed by atoms with Gasteiger partial charge in [0.05, 0.1) is 6.54 Å². The van der Waals surface area contributed by atoms with Gasteiger partial charge in [-0.15, -0.1) is 0 Å². The van der Waals surface area contributed by atoms with Gasteiger partial charge in [0.25, 0.3) is 0 Å². The number of rotatable bonds is 3. The highest BCUT2D eigenvalue weighted by Gasteiger charge is 2.20. The summed E-state index contributed by atoms with van der Waals surface area (Å²) in [4.78, 5) is 4.32. The molecule has 0 amide bonds. The van der Waals surface area contributed by atoms with E-state index in [9.17, 15) is 0 Å². The third kappa shape index (κ3) is 3.49. The standard InChI is InChI=1S/C17H19N3O2/c1-12-6-8-13(9-7-12)20-17(18)19-10-14-11-21-15-4-2-3-5-16(15)22-14/h2-9,14H,10-11H2,1H3,(H3,18,19,20). The molecule has 5 heteroatoms. The molecule has 0 aliphatic carbocycles. The van der Waals surface area contributed by atoms with Crippen LogP contribution in [0, 0.1) is 6.92 Å². The highest BCUT2D eigenvalue weighted by atomic mass is 16.6. The largest absolute Gasteiger partial charge is 0.486 e. The second-order valence-corrected chi connectivity index (χ2v) is 5.21. The Balaban J connectivity index is 1.56. The molecule has 0 bridgehead atoms. The van der Waals surface area contributed by atoms with Crippen LogP contribution in [0.2, 0.25) is 0 Å². The van der Waals surface area contributed by atoms with E-state index in [-0.39, 0.29) is 6.10 Å². The minimum Gasteiger partial charge on any atom is -0.486 e. The third-order valence-corrected chi connectivity index (χ3v) is 3.36. The zero-order chi connectivity index (χ0) is 15.4. The van der Waals surface area contributed by atoms with E-state index < -0.39 is 0 Å². The van der Waals surface area contributed by atoms with Gasteiger partial charge in [0.2, 0.25) is 0 Å². The Morgan fingerprint density at radius 3 is 2.68 bits per heavy atom. The fraction of sp³-hybridized carbons (Fsp3) is 0.235. The molecule has 3 N–H and O–H groups in total. The van der Waals surface area contributed by atoms with Gasteiger partial charge in [-0.05, 0) is 31.2 Å². The van der Waals surface area contributed by atoms with E-state index in [1.165, 1.54) is 5.56 Å². The van der Waals surface area contributed by atoms with Gasteiger partial charge < -0.3 is 20.5 Å². The number of anilines is 1. The van der Waals surface area contributed by atoms with Crippen LogP contribution in [0.15, 0.2) is 53.5 Å². The zero-order valence-corrected chi connectivity index (χ0v) is 12.5. The molecule has 0 fully saturated rings. The molecule has 5 nitrogen and oxygen atoms in total. The summed E-state index contributed by atoms with van der Waals surface area (Å²) in [7, 11) is 0. The zero-order valence-electron chi connectivity index (χ0n) is 12.5. The van der Waals surface area contributed by atoms with Crippen molar-refractivity contribution in [1.82, 2.24) is 0 Å². The molecule has 2 aromatic carbocycles. The van der Waals surface area contributed by atoms with Crippen LogP contribution in [0.4, 0.5) is 5.69 Å². The number of nitrogens with one attached hydrogen (secondary N) is 1. The summed E-state index contributed by atoms with van der Waals surface area (Å²) >= 11 is 0. The summed E-state index contributed by atoms with van der Waals surface area (Å²) < 4.78 is 11.5. The van der Waals surface area contributed by atoms with Crippen LogP contribution in [-0.4, -0.2) is 25.2 Å². The molecule has 1 aliphatic heterocycles. The van der Waals surface area contributed by atoms with E-state index in [0.717, 1.165) is 17.2 Å². The number of aliphatic imine (C=N–C) groups is 1. The number of ether oxygens (including phenoxy) is 2. The van der Waals surface area contributed by atoms with Crippen molar-refractivity contribution in [1.29, 1.82) is 0 Å². The van der Waals surface area contributed by atoms with Gasteiger partial charge in [-0.2, -0.15) is 0 Å². The molecule has 22 heavy (non-hydrogen) atoms. The number of hydrogen-bond acceptors (Lipinski definition) is 3. The number of nitrogens with zero attached hydrogens (tertiary/aromatic N) is 1. The van der Waals surface area contributed by atoms with Crippen molar-refractivity contribution in [3.05, 3.63) is 54.1 Å². The fourth-order valence-corrected chi connectivity index (χ4v) is 2.18. The maximum atomic E-state index is 5.90. The second kappa shape index (κ2) is 6.39. The molecule has 0 aromatic heterocycles. The van der Waals surface area contributed by atoms with Crippen molar-refractivity contribution < 1.29 is 9.47 Å². The molecule has 0 saturated heterocycles. The Morgan fingerprint density at radius 1 is 1.18 bits per heavy atom. The Morgan fingerprint density at radius 2 is 1.91 bits per heavy atom. The van der Waals surface area contributed by atoms with Gasteiger partial charge >= 0.3 is 0 Å². The van der Waals surface area contributed by atoms with Crippen LogP contribution in [0.1, 0.15) is 5.56 Å². The predicted molar refractivity (Wildman–Crippen MR) is 87.6 cm³/mol. The molecular formula is C17H19N3O2. The lowest BCUT2D eigenvalue weighted by Crippen LogP contribution is -2.33. The molecule has 2 aromatic rings. The minimum atomic E-state index is -0.131. The van der Waals surface area contributed by atoms with E-state index in [0.29, 0.717) is 19.1 Å². The average Bonchev–Trinajstić information content (AvgIpc) is 2.55. The van der Waals surface area contributed by atoms with Crippen LogP contribution in [0.3, 0.4) is 0 Å². The predicted octanol–water partition coefficient (Wildman–Crippen LogP) is 2.56. The van der Waals surface area contributed by atoms with E-state index in [2.05, 4.69) is 10.3 Å². The van der Waals surface area contributed by atoms with Gasteiger partial charge in [0, 0.05) is 5.69 Å². The highest BCUT2D eigenvalue weighted by molar-refractivity contribution is 5.92. The third-order valence-electron chi connectivity index (χ3n) is 3.36. The summed E-state index contributed by atoms with van der Waals surface area (Å²) in [5.41, 5.74) is 8.01. The van der Waals surface area contributed by atoms with Crippen LogP contribution in [0.25, 0.3) is 0 Å². The number of benzene rings is 2. The quantitative estimate of drug-likeness (QED) is 0.675. The van der Waals surface area contributed by atoms with Gasteiger partial charge in [0.1, 0.15) is 6.61 Å². The number of guanidine groups is 1. The normalized spacial score (nSPS) is 17.1.